The molecule has 1 aromatic rings. The normalized spacial score (nSPS) is 18.2. The average molecular weight is 209 g/mol. The summed E-state index contributed by atoms with van der Waals surface area (Å²) in [5.41, 5.74) is 2.43. The van der Waals surface area contributed by atoms with Crippen LogP contribution in [-0.4, -0.2) is 30.0 Å². The van der Waals surface area contributed by atoms with Crippen LogP contribution in [0.1, 0.15) is 24.1 Å². The predicted molar refractivity (Wildman–Crippen MR) is 58.6 cm³/mol. The van der Waals surface area contributed by atoms with Gasteiger partial charge in [-0.05, 0) is 32.2 Å². The van der Waals surface area contributed by atoms with Crippen LogP contribution >= 0.6 is 0 Å². The molecule has 2 heterocycles. The van der Waals surface area contributed by atoms with Crippen LogP contribution in [-0.2, 0) is 11.3 Å². The molecule has 2 rings (SSSR count). The maximum atomic E-state index is 5.33. The van der Waals surface area contributed by atoms with E-state index in [1.807, 2.05) is 6.20 Å². The number of aromatic nitrogens is 2. The first-order valence-electron chi connectivity index (χ1n) is 5.63. The largest absolute Gasteiger partial charge is 0.381 e. The number of nitrogens with one attached hydrogen (secondary N) is 2. The van der Waals surface area contributed by atoms with Gasteiger partial charge in [0.15, 0.2) is 0 Å². The van der Waals surface area contributed by atoms with Gasteiger partial charge in [0.25, 0.3) is 0 Å². The highest BCUT2D eigenvalue weighted by Crippen LogP contribution is 2.13. The van der Waals surface area contributed by atoms with Crippen LogP contribution in [0.5, 0.6) is 0 Å². The molecule has 0 atom stereocenters. The number of aromatic amines is 1. The summed E-state index contributed by atoms with van der Waals surface area (Å²) in [6.45, 7) is 5.92. The Hall–Kier alpha value is -0.870. The smallest absolute Gasteiger partial charge is 0.0535 e. The molecule has 0 amide bonds. The standard InChI is InChI=1S/C11H19N3O/c1-9-11(8-13-14-9)7-12-6-10-2-4-15-5-3-10/h8,10,12H,2-7H2,1H3,(H,13,14). The Labute approximate surface area is 90.4 Å². The van der Waals surface area contributed by atoms with Crippen molar-refractivity contribution in [1.29, 1.82) is 0 Å². The van der Waals surface area contributed by atoms with Crippen LogP contribution in [0.4, 0.5) is 0 Å². The molecule has 1 saturated heterocycles. The van der Waals surface area contributed by atoms with Gasteiger partial charge in [-0.1, -0.05) is 0 Å². The molecule has 15 heavy (non-hydrogen) atoms. The highest BCUT2D eigenvalue weighted by Gasteiger charge is 2.13. The minimum atomic E-state index is 0.783. The number of H-pyrrole nitrogens is 1. The molecule has 84 valence electrons. The van der Waals surface area contributed by atoms with Gasteiger partial charge in [0.05, 0.1) is 6.20 Å². The third kappa shape index (κ3) is 3.04. The van der Waals surface area contributed by atoms with E-state index in [1.54, 1.807) is 0 Å². The van der Waals surface area contributed by atoms with Gasteiger partial charge in [-0.3, -0.25) is 5.10 Å². The molecule has 0 bridgehead atoms. The molecule has 0 unspecified atom stereocenters. The molecule has 1 aromatic heterocycles. The number of rotatable bonds is 4. The van der Waals surface area contributed by atoms with Crippen molar-refractivity contribution in [2.45, 2.75) is 26.3 Å². The van der Waals surface area contributed by atoms with Gasteiger partial charge >= 0.3 is 0 Å². The van der Waals surface area contributed by atoms with E-state index in [9.17, 15) is 0 Å². The fourth-order valence-electron chi connectivity index (χ4n) is 1.92. The molecule has 0 aliphatic carbocycles. The lowest BCUT2D eigenvalue weighted by molar-refractivity contribution is 0.0662. The Kier molecular flexibility index (Phi) is 3.75. The summed E-state index contributed by atoms with van der Waals surface area (Å²) in [4.78, 5) is 0. The molecular weight excluding hydrogens is 190 g/mol. The van der Waals surface area contributed by atoms with E-state index >= 15 is 0 Å². The van der Waals surface area contributed by atoms with Crippen LogP contribution < -0.4 is 5.32 Å². The second-order valence-corrected chi connectivity index (χ2v) is 4.21. The quantitative estimate of drug-likeness (QED) is 0.784. The van der Waals surface area contributed by atoms with Crippen LogP contribution in [0.15, 0.2) is 6.20 Å². The summed E-state index contributed by atoms with van der Waals surface area (Å²) < 4.78 is 5.33. The Morgan fingerprint density at radius 3 is 3.00 bits per heavy atom. The third-order valence-corrected chi connectivity index (χ3v) is 3.02. The van der Waals surface area contributed by atoms with Gasteiger partial charge in [-0.25, -0.2) is 0 Å². The summed E-state index contributed by atoms with van der Waals surface area (Å²) in [7, 11) is 0. The van der Waals surface area contributed by atoms with Crippen LogP contribution in [0.2, 0.25) is 0 Å². The van der Waals surface area contributed by atoms with Crippen LogP contribution in [0, 0.1) is 12.8 Å². The van der Waals surface area contributed by atoms with Gasteiger partial charge in [-0.15, -0.1) is 0 Å². The average Bonchev–Trinajstić information content (AvgIpc) is 2.66. The fraction of sp³-hybridized carbons (Fsp3) is 0.727. The van der Waals surface area contributed by atoms with Gasteiger partial charge < -0.3 is 10.1 Å². The fourth-order valence-corrected chi connectivity index (χ4v) is 1.92. The molecule has 0 aromatic carbocycles. The molecule has 4 nitrogen and oxygen atoms in total. The zero-order valence-electron chi connectivity index (χ0n) is 9.25. The van der Waals surface area contributed by atoms with Crippen molar-refractivity contribution in [3.05, 3.63) is 17.5 Å². The van der Waals surface area contributed by atoms with Crippen molar-refractivity contribution < 1.29 is 4.74 Å². The minimum absolute atomic E-state index is 0.783. The molecule has 1 aliphatic rings. The molecule has 0 radical (unpaired) electrons. The Morgan fingerprint density at radius 1 is 1.53 bits per heavy atom. The Balaban J connectivity index is 1.68. The summed E-state index contributed by atoms with van der Waals surface area (Å²) in [5.74, 6) is 0.783. The first-order valence-corrected chi connectivity index (χ1v) is 5.63. The minimum Gasteiger partial charge on any atom is -0.381 e. The predicted octanol–water partition coefficient (Wildman–Crippen LogP) is 1.23. The van der Waals surface area contributed by atoms with Crippen molar-refractivity contribution in [2.75, 3.05) is 19.8 Å². The van der Waals surface area contributed by atoms with Crippen LogP contribution in [0.25, 0.3) is 0 Å². The molecule has 4 heteroatoms. The second-order valence-electron chi connectivity index (χ2n) is 4.21. The van der Waals surface area contributed by atoms with Crippen molar-refractivity contribution in [3.63, 3.8) is 0 Å². The topological polar surface area (TPSA) is 49.9 Å². The van der Waals surface area contributed by atoms with Crippen LogP contribution in [0.3, 0.4) is 0 Å². The van der Waals surface area contributed by atoms with Gasteiger partial charge in [0.1, 0.15) is 0 Å². The summed E-state index contributed by atoms with van der Waals surface area (Å²) >= 11 is 0. The lowest BCUT2D eigenvalue weighted by Gasteiger charge is -2.22. The molecule has 0 spiro atoms. The van der Waals surface area contributed by atoms with E-state index in [1.165, 1.54) is 18.4 Å². The first-order chi connectivity index (χ1) is 7.36. The molecule has 2 N–H and O–H groups in total. The Bertz CT molecular complexity index is 292. The number of ether oxygens (including phenoxy) is 1. The molecule has 1 fully saturated rings. The number of hydrogen-bond acceptors (Lipinski definition) is 3. The number of nitrogens with zero attached hydrogens (tertiary/aromatic N) is 1. The van der Waals surface area contributed by atoms with Gasteiger partial charge in [-0.2, -0.15) is 5.10 Å². The van der Waals surface area contributed by atoms with E-state index in [0.717, 1.165) is 37.9 Å². The molecule has 0 saturated carbocycles. The van der Waals surface area contributed by atoms with Crippen molar-refractivity contribution in [1.82, 2.24) is 15.5 Å². The highest BCUT2D eigenvalue weighted by atomic mass is 16.5. The lowest BCUT2D eigenvalue weighted by Crippen LogP contribution is -2.27. The maximum Gasteiger partial charge on any atom is 0.0535 e. The SMILES string of the molecule is Cc1[nH]ncc1CNCC1CCOCC1. The monoisotopic (exact) mass is 209 g/mol. The number of aryl methyl sites for hydroxylation is 1. The molecular formula is C11H19N3O. The maximum absolute atomic E-state index is 5.33. The van der Waals surface area contributed by atoms with E-state index in [-0.39, 0.29) is 0 Å². The van der Waals surface area contributed by atoms with E-state index < -0.39 is 0 Å². The molecule has 1 aliphatic heterocycles. The van der Waals surface area contributed by atoms with Crippen molar-refractivity contribution >= 4 is 0 Å². The van der Waals surface area contributed by atoms with Gasteiger partial charge in [0.2, 0.25) is 0 Å². The van der Waals surface area contributed by atoms with E-state index in [0.29, 0.717) is 0 Å². The first kappa shape index (κ1) is 10.6. The number of hydrogen-bond donors (Lipinski definition) is 2. The summed E-state index contributed by atoms with van der Waals surface area (Å²) in [6, 6.07) is 0. The summed E-state index contributed by atoms with van der Waals surface area (Å²) in [6.07, 6.45) is 4.28. The van der Waals surface area contributed by atoms with E-state index in [4.69, 9.17) is 4.74 Å². The van der Waals surface area contributed by atoms with Gasteiger partial charge in [0, 0.05) is 31.0 Å². The zero-order chi connectivity index (χ0) is 10.5. The lowest BCUT2D eigenvalue weighted by atomic mass is 10.0. The zero-order valence-corrected chi connectivity index (χ0v) is 9.25. The third-order valence-electron chi connectivity index (χ3n) is 3.02. The van der Waals surface area contributed by atoms with E-state index in [2.05, 4.69) is 22.4 Å². The van der Waals surface area contributed by atoms with Crippen molar-refractivity contribution in [2.24, 2.45) is 5.92 Å². The second kappa shape index (κ2) is 5.28. The Morgan fingerprint density at radius 2 is 2.33 bits per heavy atom. The highest BCUT2D eigenvalue weighted by molar-refractivity contribution is 5.13. The van der Waals surface area contributed by atoms with Crippen molar-refractivity contribution in [3.8, 4) is 0 Å². The summed E-state index contributed by atoms with van der Waals surface area (Å²) in [5, 5.41) is 10.4.